The van der Waals surface area contributed by atoms with Crippen LogP contribution < -0.4 is 0 Å². The molecular formula is C10H13NO4. The predicted molar refractivity (Wildman–Crippen MR) is 52.7 cm³/mol. The first-order valence-corrected chi connectivity index (χ1v) is 4.68. The van der Waals surface area contributed by atoms with Crippen LogP contribution in [-0.4, -0.2) is 27.1 Å². The first-order chi connectivity index (χ1) is 7.09. The molecule has 0 saturated heterocycles. The van der Waals surface area contributed by atoms with Gasteiger partial charge in [-0.25, -0.2) is 0 Å². The Kier molecular flexibility index (Phi) is 3.91. The van der Waals surface area contributed by atoms with Crippen molar-refractivity contribution in [1.29, 1.82) is 0 Å². The summed E-state index contributed by atoms with van der Waals surface area (Å²) in [6.07, 6.45) is 2.68. The highest BCUT2D eigenvalue weighted by atomic mass is 16.4. The molecule has 0 aromatic carbocycles. The topological polar surface area (TPSA) is 90.4 Å². The average molecular weight is 211 g/mol. The van der Waals surface area contributed by atoms with Gasteiger partial charge in [-0.05, 0) is 24.5 Å². The Hall–Kier alpha value is -1.78. The van der Waals surface area contributed by atoms with Crippen LogP contribution >= 0.6 is 0 Å². The smallest absolute Gasteiger partial charge is 0.303 e. The number of nitrogens with one attached hydrogen (secondary N) is 1. The minimum absolute atomic E-state index is 0.0561. The Morgan fingerprint density at radius 1 is 1.13 bits per heavy atom. The molecule has 5 heteroatoms. The van der Waals surface area contributed by atoms with Gasteiger partial charge in [0.25, 0.3) is 0 Å². The Morgan fingerprint density at radius 2 is 1.73 bits per heavy atom. The summed E-state index contributed by atoms with van der Waals surface area (Å²) in [5, 5.41) is 17.0. The van der Waals surface area contributed by atoms with Crippen molar-refractivity contribution >= 4 is 11.9 Å². The highest BCUT2D eigenvalue weighted by molar-refractivity contribution is 5.67. The number of aromatic amines is 1. The highest BCUT2D eigenvalue weighted by Crippen LogP contribution is 2.11. The molecule has 1 aromatic rings. The van der Waals surface area contributed by atoms with Gasteiger partial charge in [-0.3, -0.25) is 9.59 Å². The van der Waals surface area contributed by atoms with Gasteiger partial charge in [-0.1, -0.05) is 0 Å². The molecule has 0 bridgehead atoms. The van der Waals surface area contributed by atoms with Gasteiger partial charge in [-0.2, -0.15) is 0 Å². The Bertz CT molecular complexity index is 324. The lowest BCUT2D eigenvalue weighted by molar-refractivity contribution is -0.138. The average Bonchev–Trinajstić information content (AvgIpc) is 2.58. The molecule has 0 radical (unpaired) electrons. The molecule has 0 aliphatic heterocycles. The largest absolute Gasteiger partial charge is 0.481 e. The van der Waals surface area contributed by atoms with Crippen molar-refractivity contribution in [2.45, 2.75) is 25.7 Å². The zero-order valence-electron chi connectivity index (χ0n) is 8.19. The lowest BCUT2D eigenvalue weighted by atomic mass is 10.1. The van der Waals surface area contributed by atoms with Crippen LogP contribution in [0.5, 0.6) is 0 Å². The molecule has 3 N–H and O–H groups in total. The van der Waals surface area contributed by atoms with E-state index >= 15 is 0 Å². The molecule has 0 amide bonds. The van der Waals surface area contributed by atoms with Crippen LogP contribution in [0.4, 0.5) is 0 Å². The quantitative estimate of drug-likeness (QED) is 0.656. The maximum Gasteiger partial charge on any atom is 0.303 e. The number of hydrogen-bond donors (Lipinski definition) is 3. The van der Waals surface area contributed by atoms with E-state index in [0.29, 0.717) is 12.8 Å². The number of rotatable bonds is 6. The van der Waals surface area contributed by atoms with E-state index in [2.05, 4.69) is 4.98 Å². The first-order valence-electron chi connectivity index (χ1n) is 4.68. The van der Waals surface area contributed by atoms with E-state index in [0.717, 1.165) is 11.3 Å². The van der Waals surface area contributed by atoms with Crippen molar-refractivity contribution in [2.24, 2.45) is 0 Å². The zero-order chi connectivity index (χ0) is 11.3. The summed E-state index contributed by atoms with van der Waals surface area (Å²) >= 11 is 0. The minimum atomic E-state index is -0.853. The van der Waals surface area contributed by atoms with Gasteiger partial charge in [0.15, 0.2) is 0 Å². The van der Waals surface area contributed by atoms with Gasteiger partial charge < -0.3 is 15.2 Å². The molecule has 1 rings (SSSR count). The molecule has 0 aliphatic rings. The number of aliphatic carboxylic acids is 2. The minimum Gasteiger partial charge on any atom is -0.481 e. The maximum atomic E-state index is 10.4. The second-order valence-corrected chi connectivity index (χ2v) is 3.27. The van der Waals surface area contributed by atoms with E-state index in [1.54, 1.807) is 12.3 Å². The standard InChI is InChI=1S/C10H13NO4/c12-9(13)3-1-7-5-6-11-8(7)2-4-10(14)15/h5-6,11H,1-4H2,(H,12,13)(H,14,15). The van der Waals surface area contributed by atoms with E-state index in [4.69, 9.17) is 10.2 Å². The van der Waals surface area contributed by atoms with Crippen LogP contribution in [0, 0.1) is 0 Å². The Morgan fingerprint density at radius 3 is 2.33 bits per heavy atom. The lowest BCUT2D eigenvalue weighted by Crippen LogP contribution is -2.02. The fraction of sp³-hybridized carbons (Fsp3) is 0.400. The number of hydrogen-bond acceptors (Lipinski definition) is 2. The van der Waals surface area contributed by atoms with E-state index in [1.165, 1.54) is 0 Å². The molecule has 1 heterocycles. The molecular weight excluding hydrogens is 198 g/mol. The van der Waals surface area contributed by atoms with Crippen molar-refractivity contribution in [3.05, 3.63) is 23.5 Å². The third-order valence-corrected chi connectivity index (χ3v) is 2.13. The van der Waals surface area contributed by atoms with Crippen molar-refractivity contribution in [3.8, 4) is 0 Å². The molecule has 0 spiro atoms. The molecule has 0 unspecified atom stereocenters. The molecule has 0 atom stereocenters. The normalized spacial score (nSPS) is 10.1. The summed E-state index contributed by atoms with van der Waals surface area (Å²) in [7, 11) is 0. The molecule has 0 saturated carbocycles. The van der Waals surface area contributed by atoms with Gasteiger partial charge in [-0.15, -0.1) is 0 Å². The van der Waals surface area contributed by atoms with E-state index in [9.17, 15) is 9.59 Å². The van der Waals surface area contributed by atoms with Gasteiger partial charge in [0.2, 0.25) is 0 Å². The fourth-order valence-electron chi connectivity index (χ4n) is 1.38. The number of H-pyrrole nitrogens is 1. The summed E-state index contributed by atoms with van der Waals surface area (Å²) in [6, 6.07) is 1.79. The van der Waals surface area contributed by atoms with Crippen molar-refractivity contribution in [1.82, 2.24) is 4.98 Å². The predicted octanol–water partition coefficient (Wildman–Crippen LogP) is 1.05. The molecule has 1 aromatic heterocycles. The third kappa shape index (κ3) is 3.84. The van der Waals surface area contributed by atoms with Crippen LogP contribution in [0.2, 0.25) is 0 Å². The number of aromatic nitrogens is 1. The summed E-state index contributed by atoms with van der Waals surface area (Å²) in [6.45, 7) is 0. The summed E-state index contributed by atoms with van der Waals surface area (Å²) in [5.41, 5.74) is 1.71. The van der Waals surface area contributed by atoms with Crippen LogP contribution in [0.3, 0.4) is 0 Å². The summed E-state index contributed by atoms with van der Waals surface area (Å²) < 4.78 is 0. The van der Waals surface area contributed by atoms with Gasteiger partial charge in [0.05, 0.1) is 6.42 Å². The molecule has 0 aliphatic carbocycles. The van der Waals surface area contributed by atoms with Crippen molar-refractivity contribution < 1.29 is 19.8 Å². The first kappa shape index (κ1) is 11.3. The van der Waals surface area contributed by atoms with Crippen LogP contribution in [0.15, 0.2) is 12.3 Å². The SMILES string of the molecule is O=C(O)CCc1cc[nH]c1CCC(=O)O. The van der Waals surface area contributed by atoms with Crippen molar-refractivity contribution in [3.63, 3.8) is 0 Å². The molecule has 82 valence electrons. The number of carboxylic acids is 2. The number of carbonyl (C=O) groups is 2. The van der Waals surface area contributed by atoms with Crippen LogP contribution in [0.25, 0.3) is 0 Å². The zero-order valence-corrected chi connectivity index (χ0v) is 8.19. The maximum absolute atomic E-state index is 10.4. The molecule has 0 fully saturated rings. The van der Waals surface area contributed by atoms with Gasteiger partial charge >= 0.3 is 11.9 Å². The molecule has 15 heavy (non-hydrogen) atoms. The lowest BCUT2D eigenvalue weighted by Gasteiger charge is -2.00. The number of aryl methyl sites for hydroxylation is 2. The Labute approximate surface area is 86.7 Å². The van der Waals surface area contributed by atoms with Crippen molar-refractivity contribution in [2.75, 3.05) is 0 Å². The van der Waals surface area contributed by atoms with Crippen LogP contribution in [-0.2, 0) is 22.4 Å². The monoisotopic (exact) mass is 211 g/mol. The second kappa shape index (κ2) is 5.19. The summed E-state index contributed by atoms with van der Waals surface area (Å²) in [4.78, 5) is 23.7. The molecule has 5 nitrogen and oxygen atoms in total. The van der Waals surface area contributed by atoms with E-state index < -0.39 is 11.9 Å². The Balaban J connectivity index is 2.53. The van der Waals surface area contributed by atoms with Gasteiger partial charge in [0, 0.05) is 18.3 Å². The summed E-state index contributed by atoms with van der Waals surface area (Å²) in [5.74, 6) is -1.70. The second-order valence-electron chi connectivity index (χ2n) is 3.27. The van der Waals surface area contributed by atoms with E-state index in [-0.39, 0.29) is 12.8 Å². The highest BCUT2D eigenvalue weighted by Gasteiger charge is 2.07. The van der Waals surface area contributed by atoms with Crippen LogP contribution in [0.1, 0.15) is 24.1 Å². The fourth-order valence-corrected chi connectivity index (χ4v) is 1.38. The van der Waals surface area contributed by atoms with Gasteiger partial charge in [0.1, 0.15) is 0 Å². The van der Waals surface area contributed by atoms with E-state index in [1.807, 2.05) is 0 Å². The third-order valence-electron chi connectivity index (χ3n) is 2.13. The number of carboxylic acid groups (broad SMARTS) is 2.